The van der Waals surface area contributed by atoms with Crippen molar-refractivity contribution in [3.8, 4) is 5.75 Å². The van der Waals surface area contributed by atoms with Gasteiger partial charge in [0.25, 0.3) is 0 Å². The monoisotopic (exact) mass is 378 g/mol. The molecular weight excluding hydrogens is 336 g/mol. The minimum Gasteiger partial charge on any atom is -0.492 e. The summed E-state index contributed by atoms with van der Waals surface area (Å²) in [4.78, 5) is 4.53. The molecular formula is C23H42N2O2. The van der Waals surface area contributed by atoms with Crippen molar-refractivity contribution in [1.82, 2.24) is 9.80 Å². The van der Waals surface area contributed by atoms with E-state index >= 15 is 0 Å². The van der Waals surface area contributed by atoms with E-state index in [2.05, 4.69) is 104 Å². The van der Waals surface area contributed by atoms with E-state index in [4.69, 9.17) is 9.47 Å². The lowest BCUT2D eigenvalue weighted by atomic mass is 9.69. The summed E-state index contributed by atoms with van der Waals surface area (Å²) in [7, 11) is 6.38. The van der Waals surface area contributed by atoms with Gasteiger partial charge in [0.05, 0.1) is 12.2 Å². The minimum atomic E-state index is -0.0754. The van der Waals surface area contributed by atoms with Gasteiger partial charge in [-0.3, -0.25) is 0 Å². The molecule has 4 heteroatoms. The van der Waals surface area contributed by atoms with Crippen LogP contribution in [0.4, 0.5) is 0 Å². The molecule has 0 unspecified atom stereocenters. The number of benzene rings is 1. The Morgan fingerprint density at radius 1 is 0.778 bits per heavy atom. The van der Waals surface area contributed by atoms with Crippen molar-refractivity contribution < 1.29 is 9.47 Å². The van der Waals surface area contributed by atoms with Gasteiger partial charge in [-0.15, -0.1) is 0 Å². The first-order valence-electron chi connectivity index (χ1n) is 10.0. The highest BCUT2D eigenvalue weighted by Gasteiger charge is 2.39. The highest BCUT2D eigenvalue weighted by Crippen LogP contribution is 2.38. The summed E-state index contributed by atoms with van der Waals surface area (Å²) in [6, 6.07) is 8.57. The first kappa shape index (κ1) is 23.9. The highest BCUT2D eigenvalue weighted by molar-refractivity contribution is 5.34. The molecule has 156 valence electrons. The van der Waals surface area contributed by atoms with E-state index in [0.717, 1.165) is 25.4 Å². The Balaban J connectivity index is 2.51. The molecule has 0 heterocycles. The molecule has 0 saturated heterocycles. The smallest absolute Gasteiger partial charge is 0.119 e. The number of hydrogen-bond acceptors (Lipinski definition) is 4. The van der Waals surface area contributed by atoms with Crippen molar-refractivity contribution in [3.63, 3.8) is 0 Å². The van der Waals surface area contributed by atoms with Gasteiger partial charge in [0, 0.05) is 24.0 Å². The second-order valence-corrected chi connectivity index (χ2v) is 9.72. The fraction of sp³-hybridized carbons (Fsp3) is 0.739. The van der Waals surface area contributed by atoms with Crippen LogP contribution in [0.3, 0.4) is 0 Å². The van der Waals surface area contributed by atoms with Crippen LogP contribution in [0.1, 0.15) is 54.0 Å². The van der Waals surface area contributed by atoms with Gasteiger partial charge in [0.15, 0.2) is 0 Å². The van der Waals surface area contributed by atoms with Crippen molar-refractivity contribution in [2.75, 3.05) is 47.4 Å². The average Bonchev–Trinajstić information content (AvgIpc) is 2.53. The van der Waals surface area contributed by atoms with Gasteiger partial charge in [-0.2, -0.15) is 0 Å². The van der Waals surface area contributed by atoms with E-state index < -0.39 is 0 Å². The zero-order valence-electron chi connectivity index (χ0n) is 19.3. The first-order chi connectivity index (χ1) is 12.3. The first-order valence-corrected chi connectivity index (χ1v) is 10.0. The zero-order chi connectivity index (χ0) is 20.9. The molecule has 1 aromatic rings. The van der Waals surface area contributed by atoms with Crippen LogP contribution < -0.4 is 4.74 Å². The lowest BCUT2D eigenvalue weighted by Gasteiger charge is -2.47. The van der Waals surface area contributed by atoms with Crippen LogP contribution in [0.5, 0.6) is 5.75 Å². The Kier molecular flexibility index (Phi) is 8.33. The fourth-order valence-corrected chi connectivity index (χ4v) is 2.82. The van der Waals surface area contributed by atoms with Crippen LogP contribution in [0.15, 0.2) is 24.3 Å². The summed E-state index contributed by atoms with van der Waals surface area (Å²) in [5.74, 6) is 0.927. The van der Waals surface area contributed by atoms with Crippen LogP contribution in [-0.4, -0.2) is 68.4 Å². The molecule has 0 aliphatic rings. The Labute approximate surface area is 167 Å². The largest absolute Gasteiger partial charge is 0.492 e. The van der Waals surface area contributed by atoms with Gasteiger partial charge in [0.1, 0.15) is 12.4 Å². The molecule has 0 radical (unpaired) electrons. The summed E-state index contributed by atoms with van der Waals surface area (Å²) in [6.07, 6.45) is 0. The third-order valence-corrected chi connectivity index (χ3v) is 5.97. The van der Waals surface area contributed by atoms with E-state index in [1.54, 1.807) is 0 Å². The summed E-state index contributed by atoms with van der Waals surface area (Å²) < 4.78 is 11.7. The molecule has 0 N–H and O–H groups in total. The summed E-state index contributed by atoms with van der Waals surface area (Å²) in [6.45, 7) is 18.6. The van der Waals surface area contributed by atoms with Gasteiger partial charge in [-0.25, -0.2) is 0 Å². The number of rotatable bonds is 10. The SMILES string of the molecule is CN(CCOc1ccc(C(C)(C)C(C)(C)N(C)C)cc1)CCOC(C)(C)C. The number of hydrogen-bond donors (Lipinski definition) is 0. The lowest BCUT2D eigenvalue weighted by Crippen LogP contribution is -2.53. The number of ether oxygens (including phenoxy) is 2. The maximum Gasteiger partial charge on any atom is 0.119 e. The maximum absolute atomic E-state index is 5.93. The van der Waals surface area contributed by atoms with Crippen LogP contribution in [0.2, 0.25) is 0 Å². The minimum absolute atomic E-state index is 0.0301. The second-order valence-electron chi connectivity index (χ2n) is 9.72. The quantitative estimate of drug-likeness (QED) is 0.601. The lowest BCUT2D eigenvalue weighted by molar-refractivity contribution is -0.0114. The van der Waals surface area contributed by atoms with Crippen molar-refractivity contribution in [1.29, 1.82) is 0 Å². The molecule has 1 rings (SSSR count). The van der Waals surface area contributed by atoms with Crippen molar-refractivity contribution >= 4 is 0 Å². The molecule has 0 aliphatic heterocycles. The summed E-state index contributed by atoms with van der Waals surface area (Å²) in [5.41, 5.74) is 1.33. The molecule has 0 fully saturated rings. The van der Waals surface area contributed by atoms with Crippen molar-refractivity contribution in [2.24, 2.45) is 0 Å². The Hall–Kier alpha value is -1.10. The van der Waals surface area contributed by atoms with Crippen molar-refractivity contribution in [2.45, 2.75) is 65.0 Å². The molecule has 0 bridgehead atoms. The predicted octanol–water partition coefficient (Wildman–Crippen LogP) is 4.43. The van der Waals surface area contributed by atoms with E-state index in [9.17, 15) is 0 Å². The van der Waals surface area contributed by atoms with E-state index in [1.165, 1.54) is 5.56 Å². The van der Waals surface area contributed by atoms with E-state index in [-0.39, 0.29) is 16.6 Å². The molecule has 0 aromatic heterocycles. The topological polar surface area (TPSA) is 24.9 Å². The third-order valence-electron chi connectivity index (χ3n) is 5.97. The van der Waals surface area contributed by atoms with Crippen LogP contribution in [0.25, 0.3) is 0 Å². The number of nitrogens with zero attached hydrogens (tertiary/aromatic N) is 2. The van der Waals surface area contributed by atoms with Crippen LogP contribution in [0, 0.1) is 0 Å². The Morgan fingerprint density at radius 2 is 1.30 bits per heavy atom. The average molecular weight is 379 g/mol. The van der Waals surface area contributed by atoms with Gasteiger partial charge >= 0.3 is 0 Å². The molecule has 0 saturated carbocycles. The zero-order valence-corrected chi connectivity index (χ0v) is 19.3. The molecule has 0 spiro atoms. The summed E-state index contributed by atoms with van der Waals surface area (Å²) >= 11 is 0. The molecule has 0 aliphatic carbocycles. The predicted molar refractivity (Wildman–Crippen MR) is 116 cm³/mol. The van der Waals surface area contributed by atoms with Gasteiger partial charge < -0.3 is 19.3 Å². The number of likely N-dealkylation sites (N-methyl/N-ethyl adjacent to an activating group) is 2. The molecule has 0 atom stereocenters. The summed E-state index contributed by atoms with van der Waals surface area (Å²) in [5, 5.41) is 0. The normalized spacial score (nSPS) is 13.5. The van der Waals surface area contributed by atoms with Gasteiger partial charge in [-0.05, 0) is 73.5 Å². The van der Waals surface area contributed by atoms with E-state index in [0.29, 0.717) is 6.61 Å². The van der Waals surface area contributed by atoms with Crippen molar-refractivity contribution in [3.05, 3.63) is 29.8 Å². The van der Waals surface area contributed by atoms with Crippen LogP contribution in [-0.2, 0) is 10.2 Å². The van der Waals surface area contributed by atoms with Gasteiger partial charge in [-0.1, -0.05) is 26.0 Å². The highest BCUT2D eigenvalue weighted by atomic mass is 16.5. The van der Waals surface area contributed by atoms with E-state index in [1.807, 2.05) is 0 Å². The molecule has 0 amide bonds. The fourth-order valence-electron chi connectivity index (χ4n) is 2.82. The third kappa shape index (κ3) is 7.10. The second kappa shape index (κ2) is 9.40. The maximum atomic E-state index is 5.93. The van der Waals surface area contributed by atoms with Crippen LogP contribution >= 0.6 is 0 Å². The Morgan fingerprint density at radius 3 is 1.78 bits per heavy atom. The van der Waals surface area contributed by atoms with Gasteiger partial charge in [0.2, 0.25) is 0 Å². The standard InChI is InChI=1S/C23H42N2O2/c1-21(2,3)27-18-16-25(10)15-17-26-20-13-11-19(12-14-20)22(4,5)23(6,7)24(8)9/h11-14H,15-18H2,1-10H3. The molecule has 1 aromatic carbocycles. The molecule has 27 heavy (non-hydrogen) atoms. The molecule has 4 nitrogen and oxygen atoms in total. The Bertz CT molecular complexity index is 557.